The number of anilines is 3. The molecule has 2 amide bonds. The van der Waals surface area contributed by atoms with Gasteiger partial charge < -0.3 is 21.3 Å². The second kappa shape index (κ2) is 9.80. The highest BCUT2D eigenvalue weighted by Gasteiger charge is 2.08. The van der Waals surface area contributed by atoms with Crippen molar-refractivity contribution in [2.75, 3.05) is 16.0 Å². The van der Waals surface area contributed by atoms with Crippen LogP contribution in [0.2, 0.25) is 0 Å². The van der Waals surface area contributed by atoms with Crippen molar-refractivity contribution in [1.82, 2.24) is 15.5 Å². The molecule has 0 aliphatic rings. The topological polar surface area (TPSA) is 93.9 Å². The number of nitrogens with one attached hydrogen (secondary N) is 5. The molecule has 0 aliphatic heterocycles. The SMILES string of the molecule is C=C/C(NC(=O)Nc1cccc2cc(NC(=S)Nc3ccccc3)ccc12)=c1/cn[nH]c1=C. The van der Waals surface area contributed by atoms with Gasteiger partial charge in [0, 0.05) is 22.0 Å². The summed E-state index contributed by atoms with van der Waals surface area (Å²) in [7, 11) is 0. The maximum atomic E-state index is 12.6. The Kier molecular flexibility index (Phi) is 6.47. The smallest absolute Gasteiger partial charge is 0.323 e. The highest BCUT2D eigenvalue weighted by molar-refractivity contribution is 7.80. The molecule has 1 heterocycles. The molecule has 0 aliphatic carbocycles. The van der Waals surface area contributed by atoms with Crippen LogP contribution in [-0.2, 0) is 0 Å². The molecule has 0 fully saturated rings. The number of urea groups is 1. The Bertz CT molecular complexity index is 1440. The number of hydrogen-bond donors (Lipinski definition) is 5. The first-order valence-corrected chi connectivity index (χ1v) is 10.5. The molecule has 3 aromatic carbocycles. The van der Waals surface area contributed by atoms with Gasteiger partial charge in [-0.25, -0.2) is 4.79 Å². The molecular formula is C25H22N6OS. The molecule has 0 unspecified atom stereocenters. The average molecular weight is 455 g/mol. The van der Waals surface area contributed by atoms with Crippen LogP contribution in [0.1, 0.15) is 0 Å². The minimum atomic E-state index is -0.395. The summed E-state index contributed by atoms with van der Waals surface area (Å²) >= 11 is 5.41. The van der Waals surface area contributed by atoms with Crippen molar-refractivity contribution in [3.05, 3.63) is 96.1 Å². The van der Waals surface area contributed by atoms with Gasteiger partial charge in [-0.3, -0.25) is 5.10 Å². The van der Waals surface area contributed by atoms with Crippen LogP contribution >= 0.6 is 12.2 Å². The number of nitrogens with zero attached hydrogens (tertiary/aromatic N) is 1. The van der Waals surface area contributed by atoms with E-state index in [1.54, 1.807) is 12.3 Å². The first-order chi connectivity index (χ1) is 16.0. The highest BCUT2D eigenvalue weighted by Crippen LogP contribution is 2.26. The van der Waals surface area contributed by atoms with Gasteiger partial charge in [0.1, 0.15) is 0 Å². The number of thiocarbonyl (C=S) groups is 1. The lowest BCUT2D eigenvalue weighted by Crippen LogP contribution is -2.34. The summed E-state index contributed by atoms with van der Waals surface area (Å²) in [6, 6.07) is 20.8. The fraction of sp³-hybridized carbons (Fsp3) is 0. The summed E-state index contributed by atoms with van der Waals surface area (Å²) in [5, 5.41) is 22.3. The lowest BCUT2D eigenvalue weighted by molar-refractivity contribution is 0.255. The van der Waals surface area contributed by atoms with E-state index in [1.807, 2.05) is 66.7 Å². The molecule has 0 radical (unpaired) electrons. The number of carbonyl (C=O) groups is 1. The van der Waals surface area contributed by atoms with Gasteiger partial charge in [0.15, 0.2) is 5.11 Å². The Morgan fingerprint density at radius 1 is 0.970 bits per heavy atom. The molecule has 1 aromatic heterocycles. The third kappa shape index (κ3) is 5.25. The number of rotatable bonds is 5. The molecule has 7 nitrogen and oxygen atoms in total. The minimum absolute atomic E-state index is 0.395. The number of amides is 2. The number of aromatic amines is 1. The van der Waals surface area contributed by atoms with Crippen LogP contribution in [0.4, 0.5) is 21.9 Å². The van der Waals surface area contributed by atoms with E-state index in [0.29, 0.717) is 27.1 Å². The van der Waals surface area contributed by atoms with Gasteiger partial charge in [0.25, 0.3) is 0 Å². The molecule has 0 saturated heterocycles. The van der Waals surface area contributed by atoms with Crippen LogP contribution in [0.15, 0.2) is 85.6 Å². The molecule has 0 bridgehead atoms. The molecule has 0 spiro atoms. The number of hydrogen-bond acceptors (Lipinski definition) is 3. The third-order valence-electron chi connectivity index (χ3n) is 4.88. The summed E-state index contributed by atoms with van der Waals surface area (Å²) in [4.78, 5) is 12.6. The largest absolute Gasteiger partial charge is 0.332 e. The van der Waals surface area contributed by atoms with Crippen molar-refractivity contribution in [2.45, 2.75) is 0 Å². The third-order valence-corrected chi connectivity index (χ3v) is 5.08. The molecular weight excluding hydrogens is 432 g/mol. The van der Waals surface area contributed by atoms with Gasteiger partial charge in [-0.1, -0.05) is 49.6 Å². The molecule has 164 valence electrons. The van der Waals surface area contributed by atoms with E-state index < -0.39 is 6.03 Å². The fourth-order valence-electron chi connectivity index (χ4n) is 3.33. The van der Waals surface area contributed by atoms with Gasteiger partial charge in [0.05, 0.1) is 22.9 Å². The average Bonchev–Trinajstić information content (AvgIpc) is 3.23. The maximum absolute atomic E-state index is 12.6. The van der Waals surface area contributed by atoms with E-state index in [2.05, 4.69) is 44.6 Å². The van der Waals surface area contributed by atoms with E-state index in [1.165, 1.54) is 0 Å². The molecule has 8 heteroatoms. The zero-order valence-corrected chi connectivity index (χ0v) is 18.5. The maximum Gasteiger partial charge on any atom is 0.323 e. The predicted molar refractivity (Wildman–Crippen MR) is 139 cm³/mol. The van der Waals surface area contributed by atoms with Crippen LogP contribution < -0.4 is 31.8 Å². The van der Waals surface area contributed by atoms with Crippen molar-refractivity contribution in [1.29, 1.82) is 0 Å². The quantitative estimate of drug-likeness (QED) is 0.295. The van der Waals surface area contributed by atoms with Crippen LogP contribution in [0.3, 0.4) is 0 Å². The van der Waals surface area contributed by atoms with Crippen LogP contribution in [0.25, 0.3) is 23.0 Å². The van der Waals surface area contributed by atoms with Crippen molar-refractivity contribution in [3.63, 3.8) is 0 Å². The number of aromatic nitrogens is 2. The Labute approximate surface area is 195 Å². The summed E-state index contributed by atoms with van der Waals surface area (Å²) in [5.74, 6) is 0. The number of benzene rings is 3. The van der Waals surface area contributed by atoms with Crippen molar-refractivity contribution < 1.29 is 4.79 Å². The van der Waals surface area contributed by atoms with Crippen molar-refractivity contribution >= 4 is 63.5 Å². The monoisotopic (exact) mass is 454 g/mol. The van der Waals surface area contributed by atoms with Crippen molar-refractivity contribution in [3.8, 4) is 0 Å². The molecule has 33 heavy (non-hydrogen) atoms. The standard InChI is InChI=1S/C25H22N6OS/c1-3-22(21-15-26-31-16(21)2)29-24(32)30-23-11-7-8-17-14-19(12-13-20(17)23)28-25(33)27-18-9-5-4-6-10-18/h3-15,31H,1-2H2,(H2,27,28,33)(H2,29,30,32)/b22-21+. The molecule has 0 atom stereocenters. The zero-order chi connectivity index (χ0) is 23.2. The van der Waals surface area contributed by atoms with Crippen LogP contribution in [0, 0.1) is 0 Å². The molecule has 0 saturated carbocycles. The minimum Gasteiger partial charge on any atom is -0.332 e. The molecule has 5 N–H and O–H groups in total. The van der Waals surface area contributed by atoms with E-state index in [4.69, 9.17) is 12.2 Å². The normalized spacial score (nSPS) is 11.4. The first-order valence-electron chi connectivity index (χ1n) is 10.1. The Morgan fingerprint density at radius 2 is 1.76 bits per heavy atom. The Hall–Kier alpha value is -4.43. The van der Waals surface area contributed by atoms with Crippen molar-refractivity contribution in [2.24, 2.45) is 0 Å². The van der Waals surface area contributed by atoms with Gasteiger partial charge in [-0.2, -0.15) is 5.10 Å². The second-order valence-corrected chi connectivity index (χ2v) is 7.55. The number of H-pyrrole nitrogens is 1. The highest BCUT2D eigenvalue weighted by atomic mass is 32.1. The summed E-state index contributed by atoms with van der Waals surface area (Å²) in [6.07, 6.45) is 3.13. The Balaban J connectivity index is 1.50. The lowest BCUT2D eigenvalue weighted by Gasteiger charge is -2.13. The van der Waals surface area contributed by atoms with Gasteiger partial charge in [-0.05, 0) is 54.0 Å². The van der Waals surface area contributed by atoms with Gasteiger partial charge >= 0.3 is 6.03 Å². The number of carbonyl (C=O) groups excluding carboxylic acids is 1. The van der Waals surface area contributed by atoms with E-state index in [0.717, 1.165) is 22.1 Å². The van der Waals surface area contributed by atoms with E-state index in [-0.39, 0.29) is 0 Å². The van der Waals surface area contributed by atoms with Gasteiger partial charge in [0.2, 0.25) is 0 Å². The number of para-hydroxylation sites is 1. The zero-order valence-electron chi connectivity index (χ0n) is 17.7. The number of fused-ring (bicyclic) bond motifs is 1. The van der Waals surface area contributed by atoms with Gasteiger partial charge in [-0.15, -0.1) is 0 Å². The first kappa shape index (κ1) is 21.8. The second-order valence-electron chi connectivity index (χ2n) is 7.15. The lowest BCUT2D eigenvalue weighted by atomic mass is 10.1. The molecule has 4 rings (SSSR count). The van der Waals surface area contributed by atoms with Crippen LogP contribution in [-0.4, -0.2) is 21.3 Å². The van der Waals surface area contributed by atoms with Crippen LogP contribution in [0.5, 0.6) is 0 Å². The fourth-order valence-corrected chi connectivity index (χ4v) is 3.57. The predicted octanol–water partition coefficient (Wildman–Crippen LogP) is 3.90. The summed E-state index contributed by atoms with van der Waals surface area (Å²) in [6.45, 7) is 7.61. The van der Waals surface area contributed by atoms with E-state index >= 15 is 0 Å². The summed E-state index contributed by atoms with van der Waals surface area (Å²) in [5.41, 5.74) is 2.93. The summed E-state index contributed by atoms with van der Waals surface area (Å²) < 4.78 is 0. The Morgan fingerprint density at radius 3 is 2.48 bits per heavy atom. The molecule has 4 aromatic rings. The van der Waals surface area contributed by atoms with E-state index in [9.17, 15) is 4.79 Å².